The molecule has 2 rings (SSSR count). The maximum atomic E-state index is 13.7. The molecule has 0 saturated heterocycles. The predicted molar refractivity (Wildman–Crippen MR) is 147 cm³/mol. The van der Waals surface area contributed by atoms with Crippen molar-refractivity contribution in [1.82, 2.24) is 0 Å². The van der Waals surface area contributed by atoms with E-state index in [1.165, 1.54) is 0 Å². The monoisotopic (exact) mass is 495 g/mol. The lowest BCUT2D eigenvalue weighted by atomic mass is 9.89. The molecule has 0 radical (unpaired) electrons. The standard InChI is InChI=1S/C31H45NO4/c1-6-9-16-25(8-3)23-36-30(33)29(26-17-12-11-13-18-26)27-19-14-15-20-28(27)32(22-24(4)5)31(34)35-21-10-7-2/h11-15,17-20,24-25,29H,6-10,16,21-23H2,1-5H3. The van der Waals surface area contributed by atoms with Gasteiger partial charge in [-0.15, -0.1) is 0 Å². The third-order valence-electron chi connectivity index (χ3n) is 6.40. The average Bonchev–Trinajstić information content (AvgIpc) is 2.88. The predicted octanol–water partition coefficient (Wildman–Crippen LogP) is 7.98. The molecule has 0 aromatic heterocycles. The van der Waals surface area contributed by atoms with Gasteiger partial charge in [-0.2, -0.15) is 0 Å². The number of carbonyl (C=O) groups excluding carboxylic acids is 2. The Hall–Kier alpha value is -2.82. The van der Waals surface area contributed by atoms with Crippen LogP contribution in [-0.4, -0.2) is 31.8 Å². The number of hydrogen-bond acceptors (Lipinski definition) is 4. The maximum Gasteiger partial charge on any atom is 0.414 e. The topological polar surface area (TPSA) is 55.8 Å². The van der Waals surface area contributed by atoms with Crippen molar-refractivity contribution in [2.75, 3.05) is 24.7 Å². The van der Waals surface area contributed by atoms with E-state index in [4.69, 9.17) is 9.47 Å². The molecule has 0 saturated carbocycles. The summed E-state index contributed by atoms with van der Waals surface area (Å²) in [5.74, 6) is -0.342. The lowest BCUT2D eigenvalue weighted by Gasteiger charge is -2.29. The molecular formula is C31H45NO4. The van der Waals surface area contributed by atoms with Gasteiger partial charge in [0.05, 0.1) is 18.9 Å². The number of ether oxygens (including phenoxy) is 2. The number of benzene rings is 2. The Morgan fingerprint density at radius 2 is 1.53 bits per heavy atom. The Labute approximate surface area is 218 Å². The fraction of sp³-hybridized carbons (Fsp3) is 0.548. The molecule has 5 heteroatoms. The summed E-state index contributed by atoms with van der Waals surface area (Å²) >= 11 is 0. The van der Waals surface area contributed by atoms with Crippen molar-refractivity contribution < 1.29 is 19.1 Å². The summed E-state index contributed by atoms with van der Waals surface area (Å²) in [5.41, 5.74) is 2.29. The van der Waals surface area contributed by atoms with Crippen LogP contribution >= 0.6 is 0 Å². The average molecular weight is 496 g/mol. The molecule has 0 aliphatic carbocycles. The first-order valence-electron chi connectivity index (χ1n) is 13.7. The molecule has 2 aromatic rings. The van der Waals surface area contributed by atoms with Gasteiger partial charge in [-0.25, -0.2) is 4.79 Å². The number of anilines is 1. The number of para-hydroxylation sites is 1. The third-order valence-corrected chi connectivity index (χ3v) is 6.40. The fourth-order valence-corrected chi connectivity index (χ4v) is 4.27. The fourth-order valence-electron chi connectivity index (χ4n) is 4.27. The molecule has 36 heavy (non-hydrogen) atoms. The molecule has 0 spiro atoms. The summed E-state index contributed by atoms with van der Waals surface area (Å²) in [5, 5.41) is 0. The second-order valence-corrected chi connectivity index (χ2v) is 9.92. The van der Waals surface area contributed by atoms with E-state index < -0.39 is 5.92 Å². The minimum Gasteiger partial charge on any atom is -0.465 e. The summed E-state index contributed by atoms with van der Waals surface area (Å²) in [6.07, 6.45) is 5.68. The normalized spacial score (nSPS) is 12.7. The zero-order valence-corrected chi connectivity index (χ0v) is 22.9. The Balaban J connectivity index is 2.44. The van der Waals surface area contributed by atoms with Crippen molar-refractivity contribution >= 4 is 17.7 Å². The quantitative estimate of drug-likeness (QED) is 0.186. The van der Waals surface area contributed by atoms with Crippen LogP contribution in [-0.2, 0) is 14.3 Å². The number of rotatable bonds is 15. The van der Waals surface area contributed by atoms with Gasteiger partial charge in [0.25, 0.3) is 0 Å². The van der Waals surface area contributed by atoms with E-state index in [0.717, 1.165) is 49.7 Å². The number of hydrogen-bond donors (Lipinski definition) is 0. The molecule has 0 aliphatic heterocycles. The van der Waals surface area contributed by atoms with Gasteiger partial charge in [-0.05, 0) is 41.9 Å². The molecule has 0 fully saturated rings. The van der Waals surface area contributed by atoms with Gasteiger partial charge in [0.15, 0.2) is 0 Å². The van der Waals surface area contributed by atoms with Crippen LogP contribution in [0, 0.1) is 11.8 Å². The minimum absolute atomic E-state index is 0.225. The second kappa shape index (κ2) is 16.0. The van der Waals surface area contributed by atoms with Crippen molar-refractivity contribution in [1.29, 1.82) is 0 Å². The van der Waals surface area contributed by atoms with Gasteiger partial charge in [-0.1, -0.05) is 109 Å². The van der Waals surface area contributed by atoms with E-state index in [1.807, 2.05) is 54.6 Å². The van der Waals surface area contributed by atoms with Crippen molar-refractivity contribution in [2.45, 2.75) is 79.1 Å². The summed E-state index contributed by atoms with van der Waals surface area (Å²) in [6, 6.07) is 17.3. The molecule has 198 valence electrons. The highest BCUT2D eigenvalue weighted by atomic mass is 16.6. The highest BCUT2D eigenvalue weighted by Crippen LogP contribution is 2.35. The zero-order valence-electron chi connectivity index (χ0n) is 22.9. The van der Waals surface area contributed by atoms with Crippen LogP contribution in [0.25, 0.3) is 0 Å². The van der Waals surface area contributed by atoms with E-state index in [0.29, 0.717) is 31.4 Å². The first kappa shape index (κ1) is 29.4. The van der Waals surface area contributed by atoms with Gasteiger partial charge in [0.1, 0.15) is 5.92 Å². The van der Waals surface area contributed by atoms with Gasteiger partial charge in [0.2, 0.25) is 0 Å². The Bertz CT molecular complexity index is 912. The number of carbonyl (C=O) groups is 2. The van der Waals surface area contributed by atoms with Crippen LogP contribution in [0.3, 0.4) is 0 Å². The van der Waals surface area contributed by atoms with Crippen LogP contribution < -0.4 is 4.90 Å². The Morgan fingerprint density at radius 1 is 0.861 bits per heavy atom. The van der Waals surface area contributed by atoms with E-state index in [-0.39, 0.29) is 18.0 Å². The molecule has 1 amide bonds. The van der Waals surface area contributed by atoms with Crippen molar-refractivity contribution in [3.05, 3.63) is 65.7 Å². The second-order valence-electron chi connectivity index (χ2n) is 9.92. The largest absolute Gasteiger partial charge is 0.465 e. The summed E-state index contributed by atoms with van der Waals surface area (Å²) in [7, 11) is 0. The van der Waals surface area contributed by atoms with Gasteiger partial charge < -0.3 is 9.47 Å². The first-order valence-corrected chi connectivity index (χ1v) is 13.7. The van der Waals surface area contributed by atoms with E-state index in [1.54, 1.807) is 4.90 Å². The summed E-state index contributed by atoms with van der Waals surface area (Å²) < 4.78 is 11.5. The van der Waals surface area contributed by atoms with Gasteiger partial charge >= 0.3 is 12.1 Å². The number of nitrogens with zero attached hydrogens (tertiary/aromatic N) is 1. The van der Waals surface area contributed by atoms with Crippen molar-refractivity contribution in [3.63, 3.8) is 0 Å². The van der Waals surface area contributed by atoms with E-state index in [9.17, 15) is 9.59 Å². The lowest BCUT2D eigenvalue weighted by Crippen LogP contribution is -2.36. The molecule has 0 bridgehead atoms. The first-order chi connectivity index (χ1) is 17.4. The summed E-state index contributed by atoms with van der Waals surface area (Å²) in [6.45, 7) is 11.8. The van der Waals surface area contributed by atoms with Gasteiger partial charge in [-0.3, -0.25) is 9.69 Å². The number of esters is 1. The zero-order chi connectivity index (χ0) is 26.3. The van der Waals surface area contributed by atoms with Crippen LogP contribution in [0.2, 0.25) is 0 Å². The summed E-state index contributed by atoms with van der Waals surface area (Å²) in [4.78, 5) is 28.5. The molecule has 0 N–H and O–H groups in total. The van der Waals surface area contributed by atoms with Crippen molar-refractivity contribution in [2.24, 2.45) is 11.8 Å². The number of amides is 1. The van der Waals surface area contributed by atoms with Crippen LogP contribution in [0.5, 0.6) is 0 Å². The van der Waals surface area contributed by atoms with Crippen LogP contribution in [0.4, 0.5) is 10.5 Å². The van der Waals surface area contributed by atoms with Crippen LogP contribution in [0.15, 0.2) is 54.6 Å². The molecule has 2 aromatic carbocycles. The molecular weight excluding hydrogens is 450 g/mol. The molecule has 0 heterocycles. The van der Waals surface area contributed by atoms with E-state index >= 15 is 0 Å². The van der Waals surface area contributed by atoms with Gasteiger partial charge in [0, 0.05) is 6.54 Å². The van der Waals surface area contributed by atoms with Crippen LogP contribution in [0.1, 0.15) is 90.2 Å². The SMILES string of the molecule is CCCCOC(=O)N(CC(C)C)c1ccccc1C(C(=O)OCC(CC)CCCC)c1ccccc1. The third kappa shape index (κ3) is 9.00. The molecule has 2 unspecified atom stereocenters. The van der Waals surface area contributed by atoms with E-state index in [2.05, 4.69) is 34.6 Å². The Morgan fingerprint density at radius 3 is 2.17 bits per heavy atom. The Kier molecular flexibility index (Phi) is 13.1. The molecule has 5 nitrogen and oxygen atoms in total. The molecule has 0 aliphatic rings. The lowest BCUT2D eigenvalue weighted by molar-refractivity contribution is -0.145. The highest BCUT2D eigenvalue weighted by Gasteiger charge is 2.31. The smallest absolute Gasteiger partial charge is 0.414 e. The minimum atomic E-state index is -0.635. The maximum absolute atomic E-state index is 13.7. The highest BCUT2D eigenvalue weighted by molar-refractivity contribution is 5.92. The van der Waals surface area contributed by atoms with Crippen molar-refractivity contribution in [3.8, 4) is 0 Å². The molecule has 2 atom stereocenters. The number of unbranched alkanes of at least 4 members (excludes halogenated alkanes) is 2.